The van der Waals surface area contributed by atoms with Gasteiger partial charge in [0.25, 0.3) is 5.91 Å². The Labute approximate surface area is 123 Å². The summed E-state index contributed by atoms with van der Waals surface area (Å²) < 4.78 is 41.0. The number of primary amides is 1. The van der Waals surface area contributed by atoms with Crippen LogP contribution in [0, 0.1) is 3.57 Å². The third-order valence-corrected chi connectivity index (χ3v) is 3.10. The van der Waals surface area contributed by atoms with E-state index in [0.29, 0.717) is 0 Å². The minimum absolute atomic E-state index is 0.0564. The second kappa shape index (κ2) is 5.26. The molecule has 10 heteroatoms. The Morgan fingerprint density at radius 1 is 1.35 bits per heavy atom. The van der Waals surface area contributed by atoms with E-state index in [4.69, 9.17) is 5.73 Å². The Morgan fingerprint density at radius 3 is 2.65 bits per heavy atom. The Hall–Kier alpha value is -1.85. The average molecular weight is 398 g/mol. The SMILES string of the molecule is NC(=O)c1n[nH]nc1-c1ccc(I)c(OC(F)(F)F)c1. The number of nitrogens with zero attached hydrogens (tertiary/aromatic N) is 2. The maximum absolute atomic E-state index is 12.3. The van der Waals surface area contributed by atoms with E-state index in [0.717, 1.165) is 6.07 Å². The van der Waals surface area contributed by atoms with E-state index in [2.05, 4.69) is 20.1 Å². The third-order valence-electron chi connectivity index (χ3n) is 2.21. The first-order chi connectivity index (χ1) is 9.28. The van der Waals surface area contributed by atoms with Gasteiger partial charge in [0.1, 0.15) is 11.4 Å². The molecule has 106 valence electrons. The van der Waals surface area contributed by atoms with Crippen molar-refractivity contribution in [3.8, 4) is 17.0 Å². The smallest absolute Gasteiger partial charge is 0.405 e. The van der Waals surface area contributed by atoms with Gasteiger partial charge in [0.15, 0.2) is 5.69 Å². The number of rotatable bonds is 3. The molecule has 0 aliphatic rings. The third kappa shape index (κ3) is 3.18. The summed E-state index contributed by atoms with van der Waals surface area (Å²) in [5.74, 6) is -1.24. The highest BCUT2D eigenvalue weighted by atomic mass is 127. The van der Waals surface area contributed by atoms with Crippen LogP contribution in [0.3, 0.4) is 0 Å². The van der Waals surface area contributed by atoms with E-state index in [-0.39, 0.29) is 20.5 Å². The number of amides is 1. The standard InChI is InChI=1S/C10H6F3IN4O2/c11-10(12,13)20-6-3-4(1-2-5(6)14)7-8(9(15)19)17-18-16-7/h1-3H,(H2,15,19)(H,16,17,18). The lowest BCUT2D eigenvalue weighted by Gasteiger charge is -2.11. The van der Waals surface area contributed by atoms with Gasteiger partial charge in [-0.1, -0.05) is 6.07 Å². The van der Waals surface area contributed by atoms with Crippen molar-refractivity contribution in [1.29, 1.82) is 0 Å². The fourth-order valence-corrected chi connectivity index (χ4v) is 1.90. The quantitative estimate of drug-likeness (QED) is 0.775. The number of H-pyrrole nitrogens is 1. The molecule has 0 radical (unpaired) electrons. The monoisotopic (exact) mass is 398 g/mol. The van der Waals surface area contributed by atoms with Crippen LogP contribution < -0.4 is 10.5 Å². The molecule has 0 bridgehead atoms. The van der Waals surface area contributed by atoms with Crippen LogP contribution >= 0.6 is 22.6 Å². The van der Waals surface area contributed by atoms with Gasteiger partial charge in [0, 0.05) is 5.56 Å². The molecule has 6 nitrogen and oxygen atoms in total. The van der Waals surface area contributed by atoms with Crippen LogP contribution in [0.15, 0.2) is 18.2 Å². The summed E-state index contributed by atoms with van der Waals surface area (Å²) >= 11 is 1.70. The molecular formula is C10H6F3IN4O2. The molecule has 0 spiro atoms. The number of halogens is 4. The summed E-state index contributed by atoms with van der Waals surface area (Å²) in [4.78, 5) is 11.1. The summed E-state index contributed by atoms with van der Waals surface area (Å²) in [7, 11) is 0. The number of hydrogen-bond donors (Lipinski definition) is 2. The molecule has 0 saturated heterocycles. The van der Waals surface area contributed by atoms with E-state index in [1.165, 1.54) is 12.1 Å². The molecule has 1 amide bonds. The molecule has 2 aromatic rings. The molecule has 0 unspecified atom stereocenters. The molecule has 0 atom stereocenters. The van der Waals surface area contributed by atoms with Crippen molar-refractivity contribution < 1.29 is 22.7 Å². The van der Waals surface area contributed by atoms with E-state index < -0.39 is 18.0 Å². The van der Waals surface area contributed by atoms with E-state index in [1.807, 2.05) is 0 Å². The topological polar surface area (TPSA) is 93.9 Å². The first-order valence-electron chi connectivity index (χ1n) is 5.04. The maximum atomic E-state index is 12.3. The Balaban J connectivity index is 2.46. The van der Waals surface area contributed by atoms with Crippen LogP contribution in [0.25, 0.3) is 11.3 Å². The van der Waals surface area contributed by atoms with Crippen molar-refractivity contribution in [3.05, 3.63) is 27.5 Å². The molecule has 2 rings (SSSR count). The number of aromatic amines is 1. The summed E-state index contributed by atoms with van der Waals surface area (Å²) in [5.41, 5.74) is 5.21. The molecule has 0 saturated carbocycles. The van der Waals surface area contributed by atoms with Gasteiger partial charge in [-0.25, -0.2) is 0 Å². The number of alkyl halides is 3. The van der Waals surface area contributed by atoms with Crippen LogP contribution in [-0.2, 0) is 0 Å². The van der Waals surface area contributed by atoms with Gasteiger partial charge >= 0.3 is 6.36 Å². The van der Waals surface area contributed by atoms with Crippen molar-refractivity contribution in [2.45, 2.75) is 6.36 Å². The largest absolute Gasteiger partial charge is 0.573 e. The fraction of sp³-hybridized carbons (Fsp3) is 0.100. The number of carbonyl (C=O) groups is 1. The minimum Gasteiger partial charge on any atom is -0.405 e. The lowest BCUT2D eigenvalue weighted by molar-refractivity contribution is -0.274. The van der Waals surface area contributed by atoms with Crippen molar-refractivity contribution >= 4 is 28.5 Å². The predicted molar refractivity (Wildman–Crippen MR) is 69.7 cm³/mol. The first kappa shape index (κ1) is 14.6. The summed E-state index contributed by atoms with van der Waals surface area (Å²) in [6, 6.07) is 3.99. The van der Waals surface area contributed by atoms with Gasteiger partial charge < -0.3 is 10.5 Å². The van der Waals surface area contributed by atoms with Crippen LogP contribution in [0.2, 0.25) is 0 Å². The second-order valence-electron chi connectivity index (χ2n) is 3.58. The van der Waals surface area contributed by atoms with E-state index in [1.54, 1.807) is 22.6 Å². The number of benzene rings is 1. The van der Waals surface area contributed by atoms with E-state index in [9.17, 15) is 18.0 Å². The number of aromatic nitrogens is 3. The van der Waals surface area contributed by atoms with Crippen molar-refractivity contribution in [2.75, 3.05) is 0 Å². The van der Waals surface area contributed by atoms with Crippen LogP contribution in [-0.4, -0.2) is 27.7 Å². The van der Waals surface area contributed by atoms with Gasteiger partial charge in [0.2, 0.25) is 0 Å². The number of nitrogens with two attached hydrogens (primary N) is 1. The first-order valence-corrected chi connectivity index (χ1v) is 6.12. The molecule has 1 aromatic heterocycles. The normalized spacial score (nSPS) is 11.4. The lowest BCUT2D eigenvalue weighted by atomic mass is 10.1. The van der Waals surface area contributed by atoms with Crippen LogP contribution in [0.5, 0.6) is 5.75 Å². The average Bonchev–Trinajstić information content (AvgIpc) is 2.79. The zero-order valence-electron chi connectivity index (χ0n) is 9.53. The number of nitrogens with one attached hydrogen (secondary N) is 1. The highest BCUT2D eigenvalue weighted by Crippen LogP contribution is 2.32. The van der Waals surface area contributed by atoms with Gasteiger partial charge in [-0.05, 0) is 34.7 Å². The summed E-state index contributed by atoms with van der Waals surface area (Å²) in [6.07, 6.45) is -4.81. The molecule has 0 fully saturated rings. The Kier molecular flexibility index (Phi) is 3.83. The summed E-state index contributed by atoms with van der Waals surface area (Å²) in [5, 5.41) is 9.44. The molecule has 0 aliphatic heterocycles. The number of carbonyl (C=O) groups excluding carboxylic acids is 1. The van der Waals surface area contributed by atoms with Crippen LogP contribution in [0.4, 0.5) is 13.2 Å². The van der Waals surface area contributed by atoms with Gasteiger partial charge in [-0.2, -0.15) is 15.4 Å². The molecule has 3 N–H and O–H groups in total. The van der Waals surface area contributed by atoms with Crippen molar-refractivity contribution in [1.82, 2.24) is 15.4 Å². The van der Waals surface area contributed by atoms with E-state index >= 15 is 0 Å². The zero-order chi connectivity index (χ0) is 14.9. The van der Waals surface area contributed by atoms with Crippen molar-refractivity contribution in [2.24, 2.45) is 5.73 Å². The van der Waals surface area contributed by atoms with Gasteiger partial charge in [-0.3, -0.25) is 4.79 Å². The molecular weight excluding hydrogens is 392 g/mol. The molecule has 0 aliphatic carbocycles. The van der Waals surface area contributed by atoms with Crippen molar-refractivity contribution in [3.63, 3.8) is 0 Å². The molecule has 1 heterocycles. The fourth-order valence-electron chi connectivity index (χ4n) is 1.46. The zero-order valence-corrected chi connectivity index (χ0v) is 11.7. The Morgan fingerprint density at radius 2 is 2.05 bits per heavy atom. The lowest BCUT2D eigenvalue weighted by Crippen LogP contribution is -2.18. The molecule has 20 heavy (non-hydrogen) atoms. The summed E-state index contributed by atoms with van der Waals surface area (Å²) in [6.45, 7) is 0. The minimum atomic E-state index is -4.81. The Bertz CT molecular complexity index is 656. The maximum Gasteiger partial charge on any atom is 0.573 e. The number of hydrogen-bond acceptors (Lipinski definition) is 4. The highest BCUT2D eigenvalue weighted by molar-refractivity contribution is 14.1. The number of ether oxygens (including phenoxy) is 1. The second-order valence-corrected chi connectivity index (χ2v) is 4.74. The molecule has 1 aromatic carbocycles. The van der Waals surface area contributed by atoms with Gasteiger partial charge in [-0.15, -0.1) is 13.2 Å². The predicted octanol–water partition coefficient (Wildman–Crippen LogP) is 2.07. The highest BCUT2D eigenvalue weighted by Gasteiger charge is 2.32. The van der Waals surface area contributed by atoms with Crippen LogP contribution in [0.1, 0.15) is 10.5 Å². The van der Waals surface area contributed by atoms with Gasteiger partial charge in [0.05, 0.1) is 3.57 Å².